The molecule has 2 nitrogen and oxygen atoms in total. The first-order chi connectivity index (χ1) is 11.7. The fourth-order valence-corrected chi connectivity index (χ4v) is 8.56. The van der Waals surface area contributed by atoms with Crippen LogP contribution in [-0.4, -0.2) is 16.7 Å². The summed E-state index contributed by atoms with van der Waals surface area (Å²) in [7, 11) is -2.69. The second kappa shape index (κ2) is 8.29. The summed E-state index contributed by atoms with van der Waals surface area (Å²) in [5.41, 5.74) is -0.482. The van der Waals surface area contributed by atoms with Gasteiger partial charge in [0, 0.05) is 0 Å². The molecule has 0 aromatic heterocycles. The molecule has 0 heterocycles. The molecule has 3 aromatic carbocycles. The van der Waals surface area contributed by atoms with E-state index in [1.807, 2.05) is 61.5 Å². The normalized spacial score (nSPS) is 12.7. The van der Waals surface area contributed by atoms with Gasteiger partial charge in [-0.25, -0.2) is 0 Å². The molecule has 0 saturated carbocycles. The van der Waals surface area contributed by atoms with Crippen LogP contribution in [0.1, 0.15) is 6.92 Å². The van der Waals surface area contributed by atoms with E-state index < -0.39 is 18.9 Å². The van der Waals surface area contributed by atoms with Gasteiger partial charge in [0.1, 0.15) is 0 Å². The van der Waals surface area contributed by atoms with Gasteiger partial charge in [-0.3, -0.25) is 0 Å². The van der Waals surface area contributed by atoms with Crippen LogP contribution in [-0.2, 0) is 4.79 Å². The first kappa shape index (κ1) is 19.2. The first-order valence-corrected chi connectivity index (χ1v) is 10.1. The van der Waals surface area contributed by atoms with Crippen LogP contribution in [0.5, 0.6) is 0 Å². The Morgan fingerprint density at radius 1 is 0.720 bits per heavy atom. The zero-order valence-corrected chi connectivity index (χ0v) is 15.8. The average Bonchev–Trinajstić information content (AvgIpc) is 2.65. The molecule has 4 heteroatoms. The number of carboxylic acids is 1. The van der Waals surface area contributed by atoms with Crippen molar-refractivity contribution >= 4 is 41.6 Å². The number of hydrogen-bond acceptors (Lipinski definition) is 1. The molecule has 0 bridgehead atoms. The van der Waals surface area contributed by atoms with E-state index in [1.54, 1.807) is 0 Å². The first-order valence-electron chi connectivity index (χ1n) is 8.06. The molecule has 0 fully saturated rings. The SMILES string of the molecule is CC(C(=O)O)[PH](c1ccccc1)(c1ccccc1)c1ccccc1.Cl. The number of halogens is 1. The van der Waals surface area contributed by atoms with Crippen LogP contribution in [0, 0.1) is 0 Å². The van der Waals surface area contributed by atoms with Gasteiger partial charge in [-0.05, 0) is 0 Å². The maximum atomic E-state index is 12.1. The number of carbonyl (C=O) groups is 1. The predicted octanol–water partition coefficient (Wildman–Crippen LogP) is 3.61. The second-order valence-corrected chi connectivity index (χ2v) is 10.2. The van der Waals surface area contributed by atoms with Crippen LogP contribution in [0.15, 0.2) is 91.0 Å². The maximum Gasteiger partial charge on any atom is -0.147 e. The molecule has 0 amide bonds. The molecule has 3 aromatic rings. The van der Waals surface area contributed by atoms with Crippen LogP contribution in [0.4, 0.5) is 0 Å². The van der Waals surface area contributed by atoms with Gasteiger partial charge in [0.2, 0.25) is 0 Å². The van der Waals surface area contributed by atoms with Crippen molar-refractivity contribution in [2.75, 3.05) is 0 Å². The minimum atomic E-state index is -2.69. The van der Waals surface area contributed by atoms with Crippen LogP contribution in [0.25, 0.3) is 0 Å². The molecule has 1 unspecified atom stereocenters. The van der Waals surface area contributed by atoms with Gasteiger partial charge in [0.15, 0.2) is 0 Å². The van der Waals surface area contributed by atoms with Crippen molar-refractivity contribution in [1.29, 1.82) is 0 Å². The summed E-state index contributed by atoms with van der Waals surface area (Å²) < 4.78 is 0. The predicted molar refractivity (Wildman–Crippen MR) is 111 cm³/mol. The van der Waals surface area contributed by atoms with E-state index in [0.29, 0.717) is 0 Å². The molecule has 0 aliphatic rings. The average molecular weight is 373 g/mol. The molecule has 0 aliphatic carbocycles. The molecule has 25 heavy (non-hydrogen) atoms. The zero-order valence-electron chi connectivity index (χ0n) is 14.0. The van der Waals surface area contributed by atoms with E-state index in [9.17, 15) is 9.90 Å². The number of carboxylic acid groups (broad SMARTS) is 1. The van der Waals surface area contributed by atoms with Crippen LogP contribution >= 0.6 is 19.7 Å². The number of aliphatic carboxylic acids is 1. The minimum Gasteiger partial charge on any atom is -0.147 e. The van der Waals surface area contributed by atoms with Gasteiger partial charge >= 0.3 is 143 Å². The molecule has 3 rings (SSSR count). The van der Waals surface area contributed by atoms with Gasteiger partial charge in [0.05, 0.1) is 0 Å². The summed E-state index contributed by atoms with van der Waals surface area (Å²) in [5.74, 6) is -0.752. The Hall–Kier alpha value is -2.15. The van der Waals surface area contributed by atoms with E-state index >= 15 is 0 Å². The van der Waals surface area contributed by atoms with Crippen LogP contribution in [0.2, 0.25) is 0 Å². The summed E-state index contributed by atoms with van der Waals surface area (Å²) in [6.07, 6.45) is 0. The van der Waals surface area contributed by atoms with Crippen molar-refractivity contribution in [1.82, 2.24) is 0 Å². The quantitative estimate of drug-likeness (QED) is 0.695. The van der Waals surface area contributed by atoms with E-state index in [2.05, 4.69) is 36.4 Å². The van der Waals surface area contributed by atoms with Crippen molar-refractivity contribution in [2.24, 2.45) is 0 Å². The standard InChI is InChI=1S/C21H21O2P.ClH/c1-17(21(22)23)24(18-11-5-2-6-12-18,19-13-7-3-8-14-19)20-15-9-4-10-16-20;/h2-17,24H,1H3,(H,22,23);1H. The molecule has 130 valence electrons. The van der Waals surface area contributed by atoms with E-state index in [4.69, 9.17) is 0 Å². The Morgan fingerprint density at radius 2 is 1.00 bits per heavy atom. The molecular formula is C21H22ClO2P. The van der Waals surface area contributed by atoms with Gasteiger partial charge in [-0.2, -0.15) is 0 Å². The summed E-state index contributed by atoms with van der Waals surface area (Å²) >= 11 is 0. The number of benzene rings is 3. The van der Waals surface area contributed by atoms with Gasteiger partial charge in [0.25, 0.3) is 0 Å². The van der Waals surface area contributed by atoms with E-state index in [1.165, 1.54) is 0 Å². The Bertz CT molecular complexity index is 710. The molecule has 0 spiro atoms. The van der Waals surface area contributed by atoms with Crippen molar-refractivity contribution in [2.45, 2.75) is 12.6 Å². The Kier molecular flexibility index (Phi) is 6.36. The zero-order chi connectivity index (χ0) is 17.0. The van der Waals surface area contributed by atoms with Gasteiger partial charge in [-0.15, -0.1) is 12.4 Å². The third-order valence-corrected chi connectivity index (χ3v) is 9.99. The Balaban J connectivity index is 0.00000225. The van der Waals surface area contributed by atoms with Crippen molar-refractivity contribution < 1.29 is 9.90 Å². The van der Waals surface area contributed by atoms with Gasteiger partial charge in [-0.1, -0.05) is 0 Å². The molecule has 0 aliphatic heterocycles. The monoisotopic (exact) mass is 372 g/mol. The topological polar surface area (TPSA) is 37.3 Å². The largest absolute Gasteiger partial charge is 0.147 e. The smallest absolute Gasteiger partial charge is 0.147 e. The summed E-state index contributed by atoms with van der Waals surface area (Å²) in [4.78, 5) is 12.1. The Labute approximate surface area is 155 Å². The molecule has 1 N–H and O–H groups in total. The summed E-state index contributed by atoms with van der Waals surface area (Å²) in [5, 5.41) is 13.3. The number of hydrogen-bond donors (Lipinski definition) is 1. The van der Waals surface area contributed by atoms with Crippen LogP contribution < -0.4 is 15.9 Å². The third-order valence-electron chi connectivity index (χ3n) is 4.71. The minimum absolute atomic E-state index is 0. The van der Waals surface area contributed by atoms with Crippen molar-refractivity contribution in [3.8, 4) is 0 Å². The maximum absolute atomic E-state index is 12.1. The fourth-order valence-electron chi connectivity index (χ4n) is 3.54. The third kappa shape index (κ3) is 3.46. The molecule has 1 atom stereocenters. The van der Waals surface area contributed by atoms with Crippen LogP contribution in [0.3, 0.4) is 0 Å². The van der Waals surface area contributed by atoms with Crippen molar-refractivity contribution in [3.63, 3.8) is 0 Å². The van der Waals surface area contributed by atoms with Gasteiger partial charge < -0.3 is 0 Å². The summed E-state index contributed by atoms with van der Waals surface area (Å²) in [6.45, 7) is 1.85. The summed E-state index contributed by atoms with van der Waals surface area (Å²) in [6, 6.07) is 30.4. The molecule has 0 radical (unpaired) electrons. The number of rotatable bonds is 5. The van der Waals surface area contributed by atoms with E-state index in [-0.39, 0.29) is 12.4 Å². The molecular weight excluding hydrogens is 351 g/mol. The van der Waals surface area contributed by atoms with Crippen molar-refractivity contribution in [3.05, 3.63) is 91.0 Å². The van der Waals surface area contributed by atoms with E-state index in [0.717, 1.165) is 15.9 Å². The fraction of sp³-hybridized carbons (Fsp3) is 0.0952. The second-order valence-electron chi connectivity index (χ2n) is 5.97. The molecule has 0 saturated heterocycles. The Morgan fingerprint density at radius 3 is 1.24 bits per heavy atom.